The van der Waals surface area contributed by atoms with Crippen LogP contribution >= 0.6 is 11.6 Å². The Kier molecular flexibility index (Phi) is 5.95. The first-order valence-electron chi connectivity index (χ1n) is 13.6. The summed E-state index contributed by atoms with van der Waals surface area (Å²) in [5.74, 6) is -1.76. The second kappa shape index (κ2) is 8.85. The summed E-state index contributed by atoms with van der Waals surface area (Å²) in [7, 11) is 0. The topological polar surface area (TPSA) is 111 Å². The van der Waals surface area contributed by atoms with Crippen LogP contribution in [0.25, 0.3) is 22.3 Å². The summed E-state index contributed by atoms with van der Waals surface area (Å²) in [5, 5.41) is 15.1. The van der Waals surface area contributed by atoms with Crippen molar-refractivity contribution in [2.24, 2.45) is 11.3 Å². The van der Waals surface area contributed by atoms with Crippen molar-refractivity contribution in [3.8, 4) is 11.4 Å². The molecular formula is C30H31ClFN3O5. The lowest BCUT2D eigenvalue weighted by molar-refractivity contribution is -0.172. The van der Waals surface area contributed by atoms with Crippen molar-refractivity contribution >= 4 is 34.4 Å². The number of nitrogens with zero attached hydrogens (tertiary/aromatic N) is 2. The first-order valence-corrected chi connectivity index (χ1v) is 14.0. The Hall–Kier alpha value is -3.30. The van der Waals surface area contributed by atoms with Gasteiger partial charge in [0.1, 0.15) is 12.4 Å². The first-order chi connectivity index (χ1) is 18.8. The summed E-state index contributed by atoms with van der Waals surface area (Å²) in [6.45, 7) is 9.50. The lowest BCUT2D eigenvalue weighted by Crippen LogP contribution is -2.44. The third kappa shape index (κ3) is 3.66. The van der Waals surface area contributed by atoms with Crippen molar-refractivity contribution in [3.05, 3.63) is 61.1 Å². The van der Waals surface area contributed by atoms with Gasteiger partial charge in [-0.1, -0.05) is 46.2 Å². The van der Waals surface area contributed by atoms with Crippen LogP contribution in [0.5, 0.6) is 0 Å². The standard InChI is InChI=1S/C30H31ClFN3O5/c1-6-30(39)17-9-21-25-15(11-35(21)27(37)16(17)12-40-28(30)38)23-19(34-26(36)13(2)29(3,4)5)8-7-14-22(23)20(33-25)10-18(32)24(14)31/h9-10,13,19,39H,6-8,11-12H2,1-5H3,(H,34,36)/t13?,19-,30-/m0/s1. The second-order valence-electron chi connectivity index (χ2n) is 12.2. The number of pyridine rings is 2. The summed E-state index contributed by atoms with van der Waals surface area (Å²) in [4.78, 5) is 44.4. The number of aryl methyl sites for hydroxylation is 1. The molecule has 0 spiro atoms. The van der Waals surface area contributed by atoms with Gasteiger partial charge in [-0.25, -0.2) is 14.2 Å². The molecule has 0 fully saturated rings. The lowest BCUT2D eigenvalue weighted by Gasteiger charge is -2.32. The number of cyclic esters (lactones) is 1. The molecule has 0 radical (unpaired) electrons. The highest BCUT2D eigenvalue weighted by atomic mass is 35.5. The summed E-state index contributed by atoms with van der Waals surface area (Å²) in [5.41, 5.74) is 1.23. The highest BCUT2D eigenvalue weighted by Gasteiger charge is 2.46. The predicted molar refractivity (Wildman–Crippen MR) is 147 cm³/mol. The fourth-order valence-electron chi connectivity index (χ4n) is 6.19. The molecule has 1 aliphatic carbocycles. The van der Waals surface area contributed by atoms with Crippen molar-refractivity contribution in [2.75, 3.05) is 0 Å². The molecule has 40 heavy (non-hydrogen) atoms. The van der Waals surface area contributed by atoms with Gasteiger partial charge in [-0.3, -0.25) is 9.59 Å². The van der Waals surface area contributed by atoms with Gasteiger partial charge in [0.15, 0.2) is 5.60 Å². The number of hydrogen-bond donors (Lipinski definition) is 2. The van der Waals surface area contributed by atoms with Crippen LogP contribution in [0.2, 0.25) is 5.02 Å². The molecular weight excluding hydrogens is 537 g/mol. The minimum atomic E-state index is -1.96. The molecule has 0 saturated heterocycles. The average molecular weight is 568 g/mol. The molecule has 1 amide bonds. The number of aliphatic hydroxyl groups is 1. The maximum atomic E-state index is 14.9. The van der Waals surface area contributed by atoms with Crippen LogP contribution in [0.3, 0.4) is 0 Å². The van der Waals surface area contributed by atoms with Crippen LogP contribution in [0.4, 0.5) is 4.39 Å². The maximum absolute atomic E-state index is 14.9. The number of hydrogen-bond acceptors (Lipinski definition) is 6. The molecule has 2 aliphatic heterocycles. The molecule has 10 heteroatoms. The van der Waals surface area contributed by atoms with E-state index >= 15 is 0 Å². The smallest absolute Gasteiger partial charge is 0.343 e. The van der Waals surface area contributed by atoms with E-state index in [1.54, 1.807) is 17.6 Å². The molecule has 3 aromatic rings. The number of halogens is 2. The van der Waals surface area contributed by atoms with Crippen molar-refractivity contribution in [3.63, 3.8) is 0 Å². The number of carbonyl (C=O) groups is 2. The maximum Gasteiger partial charge on any atom is 0.343 e. The average Bonchev–Trinajstić information content (AvgIpc) is 3.27. The molecule has 0 bridgehead atoms. The SMILES string of the molecule is CC[C@@]1(O)C(=O)OCc2c1cc1n(c2=O)Cc2c-1nc1cc(F)c(Cl)c3c1c2[C@@H](NC(=O)C(C)C(C)(C)C)CC3. The third-order valence-corrected chi connectivity index (χ3v) is 9.46. The van der Waals surface area contributed by atoms with E-state index in [0.717, 1.165) is 11.1 Å². The summed E-state index contributed by atoms with van der Waals surface area (Å²) in [6, 6.07) is 2.51. The molecule has 1 aromatic carbocycles. The zero-order chi connectivity index (χ0) is 28.9. The van der Waals surface area contributed by atoms with Crippen LogP contribution < -0.4 is 10.9 Å². The van der Waals surface area contributed by atoms with Gasteiger partial charge in [0, 0.05) is 28.5 Å². The number of nitrogens with one attached hydrogen (secondary N) is 1. The third-order valence-electron chi connectivity index (χ3n) is 9.05. The first kappa shape index (κ1) is 26.9. The predicted octanol–water partition coefficient (Wildman–Crippen LogP) is 4.66. The van der Waals surface area contributed by atoms with Gasteiger partial charge in [-0.05, 0) is 41.9 Å². The molecule has 6 rings (SSSR count). The van der Waals surface area contributed by atoms with E-state index in [0.29, 0.717) is 40.7 Å². The van der Waals surface area contributed by atoms with Crippen molar-refractivity contribution in [1.82, 2.24) is 14.9 Å². The Morgan fingerprint density at radius 2 is 2.02 bits per heavy atom. The zero-order valence-electron chi connectivity index (χ0n) is 23.1. The van der Waals surface area contributed by atoms with Gasteiger partial charge in [0.2, 0.25) is 5.91 Å². The fourth-order valence-corrected chi connectivity index (χ4v) is 6.43. The number of amides is 1. The Bertz CT molecular complexity index is 1710. The molecule has 3 aliphatic rings. The van der Waals surface area contributed by atoms with E-state index in [1.807, 2.05) is 27.7 Å². The number of rotatable bonds is 3. The number of benzene rings is 1. The van der Waals surface area contributed by atoms with Crippen molar-refractivity contribution < 1.29 is 23.8 Å². The van der Waals surface area contributed by atoms with Gasteiger partial charge in [-0.2, -0.15) is 0 Å². The number of ether oxygens (including phenoxy) is 1. The molecule has 8 nitrogen and oxygen atoms in total. The monoisotopic (exact) mass is 567 g/mol. The fraction of sp³-hybridized carbons (Fsp3) is 0.467. The van der Waals surface area contributed by atoms with Crippen molar-refractivity contribution in [2.45, 2.75) is 78.7 Å². The molecule has 1 unspecified atom stereocenters. The Morgan fingerprint density at radius 3 is 2.70 bits per heavy atom. The Labute approximate surface area is 235 Å². The highest BCUT2D eigenvalue weighted by molar-refractivity contribution is 6.32. The van der Waals surface area contributed by atoms with Gasteiger partial charge >= 0.3 is 5.97 Å². The number of esters is 1. The molecule has 210 valence electrons. The Morgan fingerprint density at radius 1 is 1.30 bits per heavy atom. The van der Waals surface area contributed by atoms with Crippen LogP contribution in [0.15, 0.2) is 16.9 Å². The summed E-state index contributed by atoms with van der Waals surface area (Å²) < 4.78 is 21.7. The summed E-state index contributed by atoms with van der Waals surface area (Å²) >= 11 is 6.44. The quantitative estimate of drug-likeness (QED) is 0.349. The van der Waals surface area contributed by atoms with E-state index in [1.165, 1.54) is 6.07 Å². The van der Waals surface area contributed by atoms with E-state index < -0.39 is 23.4 Å². The second-order valence-corrected chi connectivity index (χ2v) is 12.6. The van der Waals surface area contributed by atoms with E-state index in [4.69, 9.17) is 21.3 Å². The molecule has 0 saturated carbocycles. The van der Waals surface area contributed by atoms with E-state index in [-0.39, 0.29) is 58.5 Å². The molecule has 2 N–H and O–H groups in total. The molecule has 2 aromatic heterocycles. The Balaban J connectivity index is 1.60. The number of fused-ring (bicyclic) bond motifs is 5. The zero-order valence-corrected chi connectivity index (χ0v) is 23.8. The number of carbonyl (C=O) groups excluding carboxylic acids is 2. The minimum Gasteiger partial charge on any atom is -0.458 e. The van der Waals surface area contributed by atoms with Crippen LogP contribution in [0.1, 0.15) is 81.3 Å². The van der Waals surface area contributed by atoms with Gasteiger partial charge in [-0.15, -0.1) is 0 Å². The number of aromatic nitrogens is 2. The lowest BCUT2D eigenvalue weighted by atomic mass is 9.80. The molecule has 4 heterocycles. The van der Waals surface area contributed by atoms with Crippen molar-refractivity contribution in [1.29, 1.82) is 0 Å². The minimum absolute atomic E-state index is 0.0259. The van der Waals surface area contributed by atoms with Crippen LogP contribution in [-0.2, 0) is 39.5 Å². The molecule has 3 atom stereocenters. The van der Waals surface area contributed by atoms with Gasteiger partial charge in [0.25, 0.3) is 5.56 Å². The van der Waals surface area contributed by atoms with Crippen LogP contribution in [-0.4, -0.2) is 26.5 Å². The van der Waals surface area contributed by atoms with Gasteiger partial charge in [0.05, 0.1) is 40.1 Å². The van der Waals surface area contributed by atoms with E-state index in [2.05, 4.69) is 5.32 Å². The highest BCUT2D eigenvalue weighted by Crippen LogP contribution is 2.47. The van der Waals surface area contributed by atoms with Crippen LogP contribution in [0, 0.1) is 17.2 Å². The largest absolute Gasteiger partial charge is 0.458 e. The van der Waals surface area contributed by atoms with Gasteiger partial charge < -0.3 is 19.7 Å². The summed E-state index contributed by atoms with van der Waals surface area (Å²) in [6.07, 6.45) is 0.988. The normalized spacial score (nSPS) is 21.9. The van der Waals surface area contributed by atoms with E-state index in [9.17, 15) is 23.9 Å².